The number of carbonyl (C=O) groups is 1. The largest absolute Gasteiger partial charge is 0.294 e. The molecule has 0 bridgehead atoms. The van der Waals surface area contributed by atoms with E-state index in [9.17, 15) is 9.18 Å². The van der Waals surface area contributed by atoms with E-state index in [0.29, 0.717) is 5.25 Å². The van der Waals surface area contributed by atoms with E-state index in [-0.39, 0.29) is 11.3 Å². The van der Waals surface area contributed by atoms with Crippen LogP contribution in [0, 0.1) is 5.82 Å². The summed E-state index contributed by atoms with van der Waals surface area (Å²) < 4.78 is 13.5. The van der Waals surface area contributed by atoms with E-state index in [1.165, 1.54) is 38.7 Å². The predicted molar refractivity (Wildman–Crippen MR) is 64.5 cm³/mol. The van der Waals surface area contributed by atoms with Gasteiger partial charge in [-0.3, -0.25) is 4.79 Å². The fourth-order valence-corrected chi connectivity index (χ4v) is 3.57. The summed E-state index contributed by atoms with van der Waals surface area (Å²) in [7, 11) is 0. The van der Waals surface area contributed by atoms with Crippen molar-refractivity contribution in [1.82, 2.24) is 0 Å². The molecule has 1 saturated carbocycles. The Kier molecular flexibility index (Phi) is 3.64. The SMILES string of the molecule is CC(=O)c1c(F)cccc1SC1CCCC1. The molecule has 86 valence electrons. The Morgan fingerprint density at radius 1 is 1.38 bits per heavy atom. The summed E-state index contributed by atoms with van der Waals surface area (Å²) in [5, 5.41) is 0.555. The first-order valence-electron chi connectivity index (χ1n) is 5.64. The maximum atomic E-state index is 13.5. The van der Waals surface area contributed by atoms with E-state index >= 15 is 0 Å². The number of ketones is 1. The van der Waals surface area contributed by atoms with E-state index < -0.39 is 5.82 Å². The Morgan fingerprint density at radius 2 is 2.06 bits per heavy atom. The quantitative estimate of drug-likeness (QED) is 0.738. The van der Waals surface area contributed by atoms with Crippen molar-refractivity contribution < 1.29 is 9.18 Å². The molecule has 1 aromatic rings. The van der Waals surface area contributed by atoms with Crippen LogP contribution in [-0.4, -0.2) is 11.0 Å². The Balaban J connectivity index is 2.25. The molecule has 1 nitrogen and oxygen atoms in total. The van der Waals surface area contributed by atoms with Crippen molar-refractivity contribution in [2.24, 2.45) is 0 Å². The zero-order valence-electron chi connectivity index (χ0n) is 9.33. The van der Waals surface area contributed by atoms with E-state index in [0.717, 1.165) is 4.90 Å². The summed E-state index contributed by atoms with van der Waals surface area (Å²) in [5.41, 5.74) is 0.263. The van der Waals surface area contributed by atoms with Gasteiger partial charge in [0.25, 0.3) is 0 Å². The first-order chi connectivity index (χ1) is 7.68. The van der Waals surface area contributed by atoms with Gasteiger partial charge in [-0.2, -0.15) is 0 Å². The summed E-state index contributed by atoms with van der Waals surface area (Å²) in [6, 6.07) is 4.89. The molecule has 2 rings (SSSR count). The Bertz CT molecular complexity index is 397. The molecule has 0 saturated heterocycles. The lowest BCUT2D eigenvalue weighted by molar-refractivity contribution is 0.101. The molecular formula is C13H15FOS. The van der Waals surface area contributed by atoms with Gasteiger partial charge in [-0.05, 0) is 31.9 Å². The number of carbonyl (C=O) groups excluding carboxylic acids is 1. The zero-order chi connectivity index (χ0) is 11.5. The topological polar surface area (TPSA) is 17.1 Å². The minimum absolute atomic E-state index is 0.182. The van der Waals surface area contributed by atoms with Crippen molar-refractivity contribution >= 4 is 17.5 Å². The second-order valence-corrected chi connectivity index (χ2v) is 5.54. The van der Waals surface area contributed by atoms with Gasteiger partial charge in [-0.1, -0.05) is 18.9 Å². The van der Waals surface area contributed by atoms with Gasteiger partial charge in [-0.25, -0.2) is 4.39 Å². The molecule has 0 N–H and O–H groups in total. The molecule has 0 radical (unpaired) electrons. The monoisotopic (exact) mass is 238 g/mol. The summed E-state index contributed by atoms with van der Waals surface area (Å²) in [6.45, 7) is 1.43. The molecule has 0 spiro atoms. The predicted octanol–water partition coefficient (Wildman–Crippen LogP) is 4.06. The zero-order valence-corrected chi connectivity index (χ0v) is 10.1. The van der Waals surface area contributed by atoms with Crippen LogP contribution in [0.5, 0.6) is 0 Å². The summed E-state index contributed by atoms with van der Waals surface area (Å²) >= 11 is 1.66. The lowest BCUT2D eigenvalue weighted by Crippen LogP contribution is -2.02. The van der Waals surface area contributed by atoms with Crippen molar-refractivity contribution in [2.75, 3.05) is 0 Å². The Morgan fingerprint density at radius 3 is 2.69 bits per heavy atom. The van der Waals surface area contributed by atoms with Crippen LogP contribution >= 0.6 is 11.8 Å². The molecule has 0 heterocycles. The molecule has 1 aliphatic carbocycles. The fraction of sp³-hybridized carbons (Fsp3) is 0.462. The van der Waals surface area contributed by atoms with Crippen LogP contribution in [0.2, 0.25) is 0 Å². The van der Waals surface area contributed by atoms with Gasteiger partial charge in [0, 0.05) is 10.1 Å². The third kappa shape index (κ3) is 2.46. The minimum Gasteiger partial charge on any atom is -0.294 e. The van der Waals surface area contributed by atoms with Crippen LogP contribution in [0.15, 0.2) is 23.1 Å². The summed E-state index contributed by atoms with van der Waals surface area (Å²) in [5.74, 6) is -0.575. The maximum Gasteiger partial charge on any atom is 0.163 e. The average Bonchev–Trinajstić information content (AvgIpc) is 2.70. The number of thioether (sulfide) groups is 1. The number of Topliss-reactive ketones (excluding diaryl/α,β-unsaturated/α-hetero) is 1. The van der Waals surface area contributed by atoms with Crippen molar-refractivity contribution in [3.8, 4) is 0 Å². The molecule has 16 heavy (non-hydrogen) atoms. The molecule has 0 aromatic heterocycles. The van der Waals surface area contributed by atoms with Gasteiger partial charge in [0.1, 0.15) is 5.82 Å². The maximum absolute atomic E-state index is 13.5. The van der Waals surface area contributed by atoms with Gasteiger partial charge in [0.05, 0.1) is 5.56 Å². The van der Waals surface area contributed by atoms with Crippen LogP contribution in [0.4, 0.5) is 4.39 Å². The highest BCUT2D eigenvalue weighted by atomic mass is 32.2. The second kappa shape index (κ2) is 5.00. The smallest absolute Gasteiger partial charge is 0.163 e. The average molecular weight is 238 g/mol. The molecule has 1 aliphatic rings. The Hall–Kier alpha value is -0.830. The highest BCUT2D eigenvalue weighted by Gasteiger charge is 2.20. The van der Waals surface area contributed by atoms with E-state index in [4.69, 9.17) is 0 Å². The first-order valence-corrected chi connectivity index (χ1v) is 6.52. The molecular weight excluding hydrogens is 223 g/mol. The number of halogens is 1. The van der Waals surface area contributed by atoms with Crippen LogP contribution in [0.1, 0.15) is 43.0 Å². The summed E-state index contributed by atoms with van der Waals surface area (Å²) in [4.78, 5) is 12.2. The molecule has 3 heteroatoms. The number of hydrogen-bond acceptors (Lipinski definition) is 2. The van der Waals surface area contributed by atoms with Gasteiger partial charge < -0.3 is 0 Å². The van der Waals surface area contributed by atoms with Crippen LogP contribution in [0.25, 0.3) is 0 Å². The van der Waals surface area contributed by atoms with Gasteiger partial charge in [0.2, 0.25) is 0 Å². The number of hydrogen-bond donors (Lipinski definition) is 0. The molecule has 0 amide bonds. The van der Waals surface area contributed by atoms with E-state index in [1.807, 2.05) is 6.07 Å². The van der Waals surface area contributed by atoms with Gasteiger partial charge in [-0.15, -0.1) is 11.8 Å². The highest BCUT2D eigenvalue weighted by Crippen LogP contribution is 2.36. The molecule has 1 fully saturated rings. The van der Waals surface area contributed by atoms with Crippen molar-refractivity contribution in [3.63, 3.8) is 0 Å². The summed E-state index contributed by atoms with van der Waals surface area (Å²) in [6.07, 6.45) is 4.86. The van der Waals surface area contributed by atoms with Crippen molar-refractivity contribution in [2.45, 2.75) is 42.8 Å². The van der Waals surface area contributed by atoms with Crippen molar-refractivity contribution in [1.29, 1.82) is 0 Å². The van der Waals surface area contributed by atoms with Crippen LogP contribution in [0.3, 0.4) is 0 Å². The third-order valence-corrected chi connectivity index (χ3v) is 4.32. The third-order valence-electron chi connectivity index (χ3n) is 2.92. The normalized spacial score (nSPS) is 16.6. The van der Waals surface area contributed by atoms with Crippen molar-refractivity contribution in [3.05, 3.63) is 29.6 Å². The molecule has 1 aromatic carbocycles. The number of benzene rings is 1. The van der Waals surface area contributed by atoms with Crippen LogP contribution in [-0.2, 0) is 0 Å². The van der Waals surface area contributed by atoms with Gasteiger partial charge >= 0.3 is 0 Å². The van der Waals surface area contributed by atoms with E-state index in [2.05, 4.69) is 0 Å². The fourth-order valence-electron chi connectivity index (χ4n) is 2.13. The number of rotatable bonds is 3. The van der Waals surface area contributed by atoms with Crippen LogP contribution < -0.4 is 0 Å². The second-order valence-electron chi connectivity index (χ2n) is 4.19. The lowest BCUT2D eigenvalue weighted by Gasteiger charge is -2.12. The van der Waals surface area contributed by atoms with E-state index in [1.54, 1.807) is 17.8 Å². The molecule has 0 atom stereocenters. The molecule has 0 aliphatic heterocycles. The highest BCUT2D eigenvalue weighted by molar-refractivity contribution is 8.00. The first kappa shape index (κ1) is 11.6. The lowest BCUT2D eigenvalue weighted by atomic mass is 10.1. The van der Waals surface area contributed by atoms with Gasteiger partial charge in [0.15, 0.2) is 5.78 Å². The minimum atomic E-state index is -0.393. The molecule has 0 unspecified atom stereocenters. The Labute approximate surface area is 99.4 Å². The standard InChI is InChI=1S/C13H15FOS/c1-9(15)13-11(14)7-4-8-12(13)16-10-5-2-3-6-10/h4,7-8,10H,2-3,5-6H2,1H3.